The van der Waals surface area contributed by atoms with Gasteiger partial charge in [-0.15, -0.1) is 11.3 Å². The lowest BCUT2D eigenvalue weighted by atomic mass is 10.0. The molecular formula is C10H10N2O2S. The van der Waals surface area contributed by atoms with Crippen LogP contribution in [0, 0.1) is 11.3 Å². The van der Waals surface area contributed by atoms with Gasteiger partial charge in [-0.1, -0.05) is 0 Å². The molecular weight excluding hydrogens is 212 g/mol. The summed E-state index contributed by atoms with van der Waals surface area (Å²) in [6, 6.07) is 1.97. The maximum atomic E-state index is 11.7. The van der Waals surface area contributed by atoms with Gasteiger partial charge in [-0.2, -0.15) is 5.26 Å². The van der Waals surface area contributed by atoms with Gasteiger partial charge in [0.25, 0.3) is 0 Å². The van der Waals surface area contributed by atoms with Gasteiger partial charge in [0.05, 0.1) is 12.3 Å². The van der Waals surface area contributed by atoms with Crippen LogP contribution in [-0.2, 0) is 14.9 Å². The number of nitrogens with zero attached hydrogens (tertiary/aromatic N) is 2. The van der Waals surface area contributed by atoms with E-state index in [0.29, 0.717) is 17.3 Å². The monoisotopic (exact) mass is 222 g/mol. The summed E-state index contributed by atoms with van der Waals surface area (Å²) in [5, 5.41) is 10.8. The van der Waals surface area contributed by atoms with Crippen molar-refractivity contribution >= 4 is 17.3 Å². The van der Waals surface area contributed by atoms with Gasteiger partial charge < -0.3 is 4.74 Å². The van der Waals surface area contributed by atoms with Gasteiger partial charge in [-0.3, -0.25) is 4.79 Å². The van der Waals surface area contributed by atoms with Gasteiger partial charge in [0.15, 0.2) is 5.01 Å². The molecule has 1 fully saturated rings. The number of aromatic nitrogens is 1. The number of hydrogen-bond acceptors (Lipinski definition) is 5. The van der Waals surface area contributed by atoms with Gasteiger partial charge in [0.2, 0.25) is 0 Å². The van der Waals surface area contributed by atoms with Crippen LogP contribution in [0.25, 0.3) is 0 Å². The van der Waals surface area contributed by atoms with Crippen LogP contribution in [-0.4, -0.2) is 17.6 Å². The lowest BCUT2D eigenvalue weighted by Crippen LogP contribution is -2.23. The first-order chi connectivity index (χ1) is 7.23. The molecule has 0 amide bonds. The molecule has 0 spiro atoms. The van der Waals surface area contributed by atoms with Crippen molar-refractivity contribution in [2.45, 2.75) is 25.2 Å². The zero-order valence-electron chi connectivity index (χ0n) is 8.32. The predicted molar refractivity (Wildman–Crippen MR) is 54.4 cm³/mol. The second-order valence-electron chi connectivity index (χ2n) is 3.45. The van der Waals surface area contributed by atoms with Gasteiger partial charge in [0.1, 0.15) is 11.5 Å². The van der Waals surface area contributed by atoms with Crippen molar-refractivity contribution in [3.05, 3.63) is 16.1 Å². The first kappa shape index (κ1) is 10.1. The molecule has 0 unspecified atom stereocenters. The van der Waals surface area contributed by atoms with E-state index in [1.54, 1.807) is 12.3 Å². The van der Waals surface area contributed by atoms with E-state index >= 15 is 0 Å². The summed E-state index contributed by atoms with van der Waals surface area (Å²) in [5.74, 6) is -0.209. The zero-order chi connectivity index (χ0) is 10.9. The summed E-state index contributed by atoms with van der Waals surface area (Å²) in [5.41, 5.74) is 0.157. The summed E-state index contributed by atoms with van der Waals surface area (Å²) < 4.78 is 5.01. The third kappa shape index (κ3) is 1.61. The summed E-state index contributed by atoms with van der Waals surface area (Å²) in [6.07, 6.45) is 1.56. The Morgan fingerprint density at radius 2 is 2.53 bits per heavy atom. The van der Waals surface area contributed by atoms with Crippen LogP contribution >= 0.6 is 11.3 Å². The van der Waals surface area contributed by atoms with Crippen LogP contribution in [0.15, 0.2) is 5.38 Å². The number of carbonyl (C=O) groups is 1. The molecule has 0 atom stereocenters. The number of nitriles is 1. The fourth-order valence-corrected chi connectivity index (χ4v) is 2.21. The van der Waals surface area contributed by atoms with E-state index in [-0.39, 0.29) is 5.97 Å². The minimum Gasteiger partial charge on any atom is -0.465 e. The lowest BCUT2D eigenvalue weighted by Gasteiger charge is -2.10. The number of hydrogen-bond donors (Lipinski definition) is 0. The van der Waals surface area contributed by atoms with Crippen LogP contribution in [0.3, 0.4) is 0 Å². The molecule has 78 valence electrons. The average Bonchev–Trinajstić information content (AvgIpc) is 2.91. The maximum absolute atomic E-state index is 11.7. The highest BCUT2D eigenvalue weighted by Crippen LogP contribution is 2.49. The topological polar surface area (TPSA) is 63.0 Å². The van der Waals surface area contributed by atoms with Gasteiger partial charge in [-0.05, 0) is 19.8 Å². The molecule has 1 aliphatic carbocycles. The molecule has 15 heavy (non-hydrogen) atoms. The summed E-state index contributed by atoms with van der Waals surface area (Å²) in [7, 11) is 0. The Balaban J connectivity index is 2.23. The van der Waals surface area contributed by atoms with E-state index in [2.05, 4.69) is 4.98 Å². The number of ether oxygens (including phenoxy) is 1. The predicted octanol–water partition coefficient (Wildman–Crippen LogP) is 1.61. The molecule has 0 radical (unpaired) electrons. The van der Waals surface area contributed by atoms with E-state index in [4.69, 9.17) is 10.00 Å². The number of esters is 1. The first-order valence-electron chi connectivity index (χ1n) is 4.76. The van der Waals surface area contributed by atoms with Crippen LogP contribution in [0.4, 0.5) is 0 Å². The van der Waals surface area contributed by atoms with Crippen molar-refractivity contribution in [3.8, 4) is 6.07 Å². The Kier molecular flexibility index (Phi) is 2.45. The van der Waals surface area contributed by atoms with Gasteiger partial charge in [-0.25, -0.2) is 4.98 Å². The molecule has 0 bridgehead atoms. The largest absolute Gasteiger partial charge is 0.465 e. The molecule has 5 heteroatoms. The molecule has 0 saturated heterocycles. The third-order valence-corrected chi connectivity index (χ3v) is 3.25. The molecule has 1 aromatic heterocycles. The molecule has 1 saturated carbocycles. The number of thiazole rings is 1. The minimum absolute atomic E-state index is 0.209. The van der Waals surface area contributed by atoms with Crippen LogP contribution in [0.1, 0.15) is 30.5 Å². The van der Waals surface area contributed by atoms with Gasteiger partial charge in [0, 0.05) is 5.38 Å². The van der Waals surface area contributed by atoms with Crippen LogP contribution in [0.2, 0.25) is 0 Å². The van der Waals surface area contributed by atoms with E-state index in [1.165, 1.54) is 11.3 Å². The van der Waals surface area contributed by atoms with Crippen molar-refractivity contribution in [1.29, 1.82) is 5.26 Å². The number of rotatable bonds is 3. The van der Waals surface area contributed by atoms with E-state index in [0.717, 1.165) is 12.8 Å². The lowest BCUT2D eigenvalue weighted by molar-refractivity contribution is -0.146. The molecule has 4 nitrogen and oxygen atoms in total. The van der Waals surface area contributed by atoms with Crippen molar-refractivity contribution in [2.75, 3.05) is 6.61 Å². The summed E-state index contributed by atoms with van der Waals surface area (Å²) in [4.78, 5) is 15.8. The van der Waals surface area contributed by atoms with Crippen LogP contribution in [0.5, 0.6) is 0 Å². The van der Waals surface area contributed by atoms with E-state index in [1.807, 2.05) is 6.07 Å². The van der Waals surface area contributed by atoms with Crippen molar-refractivity contribution in [1.82, 2.24) is 4.98 Å². The normalized spacial score (nSPS) is 16.8. The first-order valence-corrected chi connectivity index (χ1v) is 5.64. The molecule has 0 N–H and O–H groups in total. The molecule has 0 aliphatic heterocycles. The Labute approximate surface area is 91.5 Å². The average molecular weight is 222 g/mol. The van der Waals surface area contributed by atoms with Gasteiger partial charge >= 0.3 is 5.97 Å². The fraction of sp³-hybridized carbons (Fsp3) is 0.500. The van der Waals surface area contributed by atoms with Crippen molar-refractivity contribution in [3.63, 3.8) is 0 Å². The van der Waals surface area contributed by atoms with E-state index in [9.17, 15) is 4.79 Å². The van der Waals surface area contributed by atoms with E-state index < -0.39 is 5.41 Å². The maximum Gasteiger partial charge on any atom is 0.318 e. The second kappa shape index (κ2) is 3.63. The Morgan fingerprint density at radius 1 is 1.80 bits per heavy atom. The van der Waals surface area contributed by atoms with Crippen molar-refractivity contribution in [2.24, 2.45) is 0 Å². The highest BCUT2D eigenvalue weighted by atomic mass is 32.1. The highest BCUT2D eigenvalue weighted by molar-refractivity contribution is 7.10. The Bertz CT molecular complexity index is 429. The summed E-state index contributed by atoms with van der Waals surface area (Å²) >= 11 is 1.27. The molecule has 1 heterocycles. The smallest absolute Gasteiger partial charge is 0.318 e. The Hall–Kier alpha value is -1.41. The fourth-order valence-electron chi connectivity index (χ4n) is 1.50. The minimum atomic E-state index is -0.540. The standard InChI is InChI=1S/C10H10N2O2S/c1-2-14-9(13)10(3-4-10)7-6-15-8(5-11)12-7/h6H,2-4H2,1H3. The summed E-state index contributed by atoms with van der Waals surface area (Å²) in [6.45, 7) is 2.17. The molecule has 0 aromatic carbocycles. The Morgan fingerprint density at radius 3 is 3.00 bits per heavy atom. The van der Waals surface area contributed by atoms with Crippen molar-refractivity contribution < 1.29 is 9.53 Å². The molecule has 2 rings (SSSR count). The molecule has 1 aliphatic rings. The third-order valence-electron chi connectivity index (χ3n) is 2.51. The SMILES string of the molecule is CCOC(=O)C1(c2csc(C#N)n2)CC1. The molecule has 1 aromatic rings. The quantitative estimate of drug-likeness (QED) is 0.729. The van der Waals surface area contributed by atoms with Crippen LogP contribution < -0.4 is 0 Å². The zero-order valence-corrected chi connectivity index (χ0v) is 9.13. The number of carbonyl (C=O) groups excluding carboxylic acids is 1. The highest BCUT2D eigenvalue weighted by Gasteiger charge is 2.54. The second-order valence-corrected chi connectivity index (χ2v) is 4.31.